The Morgan fingerprint density at radius 1 is 0.520 bits per heavy atom. The molecule has 2 aromatic heterocycles. The summed E-state index contributed by atoms with van der Waals surface area (Å²) in [4.78, 5) is 57.8. The van der Waals surface area contributed by atoms with E-state index in [2.05, 4.69) is 22.1 Å². The van der Waals surface area contributed by atoms with Crippen molar-refractivity contribution in [2.75, 3.05) is 0 Å². The summed E-state index contributed by atoms with van der Waals surface area (Å²) < 4.78 is 23.6. The van der Waals surface area contributed by atoms with Crippen molar-refractivity contribution in [2.24, 2.45) is 0 Å². The number of fused-ring (bicyclic) bond motifs is 2. The number of carbonyl (C=O) groups is 4. The summed E-state index contributed by atoms with van der Waals surface area (Å²) in [6.45, 7) is 12.9. The molecule has 0 fully saturated rings. The van der Waals surface area contributed by atoms with E-state index in [9.17, 15) is 19.2 Å². The van der Waals surface area contributed by atoms with E-state index in [1.807, 2.05) is 64.1 Å². The lowest BCUT2D eigenvalue weighted by molar-refractivity contribution is -0.135. The number of H-pyrrole nitrogens is 2. The highest BCUT2D eigenvalue weighted by Gasteiger charge is 2.35. The molecule has 3 aromatic carbocycles. The van der Waals surface area contributed by atoms with Crippen LogP contribution in [0.3, 0.4) is 0 Å². The first-order chi connectivity index (χ1) is 23.7. The Hall–Kier alpha value is -5.90. The fourth-order valence-corrected chi connectivity index (χ4v) is 5.76. The number of aromatic amines is 2. The first-order valence-corrected chi connectivity index (χ1v) is 16.2. The van der Waals surface area contributed by atoms with Crippen LogP contribution in [0.25, 0.3) is 44.1 Å². The molecule has 0 saturated heterocycles. The third-order valence-corrected chi connectivity index (χ3v) is 7.83. The summed E-state index contributed by atoms with van der Waals surface area (Å²) in [5.74, 6) is -3.70. The van der Waals surface area contributed by atoms with Crippen molar-refractivity contribution < 1.29 is 38.1 Å². The lowest BCUT2D eigenvalue weighted by atomic mass is 9.93. The highest BCUT2D eigenvalue weighted by Crippen LogP contribution is 2.59. The van der Waals surface area contributed by atoms with Crippen LogP contribution in [0.1, 0.15) is 66.5 Å². The van der Waals surface area contributed by atoms with E-state index >= 15 is 0 Å². The first-order valence-electron chi connectivity index (χ1n) is 16.2. The predicted molar refractivity (Wildman–Crippen MR) is 193 cm³/mol. The van der Waals surface area contributed by atoms with Gasteiger partial charge < -0.3 is 28.9 Å². The van der Waals surface area contributed by atoms with Gasteiger partial charge in [-0.05, 0) is 75.9 Å². The Morgan fingerprint density at radius 3 is 1.12 bits per heavy atom. The second-order valence-electron chi connectivity index (χ2n) is 12.6. The van der Waals surface area contributed by atoms with E-state index in [0.717, 1.165) is 33.3 Å². The van der Waals surface area contributed by atoms with Gasteiger partial charge in [-0.15, -0.1) is 0 Å². The molecule has 0 aliphatic carbocycles. The normalized spacial score (nSPS) is 10.9. The van der Waals surface area contributed by atoms with Crippen molar-refractivity contribution in [3.63, 3.8) is 0 Å². The summed E-state index contributed by atoms with van der Waals surface area (Å²) in [7, 11) is 0. The van der Waals surface area contributed by atoms with E-state index in [4.69, 9.17) is 18.9 Å². The van der Waals surface area contributed by atoms with E-state index in [0.29, 0.717) is 34.7 Å². The minimum atomic E-state index is -0.730. The predicted octanol–water partition coefficient (Wildman–Crippen LogP) is 8.70. The fraction of sp³-hybridized carbons (Fsp3) is 0.250. The standard InChI is InChI=1S/C40H40N2O8/c1-21(2)9-11-27-13-15-33-29(17-27)31(19-41-33)35-37(47-23(5)43)39(49-25(7)45)36(40(50-26(8)46)38(35)48-24(6)44)32-20-42-34-16-14-28(18-30(32)34)12-10-22(3)4/h9-10,13-20,41-42H,11-12H2,1-8H3. The average Bonchev–Trinajstić information content (AvgIpc) is 3.64. The molecule has 10 heteroatoms. The minimum Gasteiger partial charge on any atom is -0.422 e. The Bertz CT molecular complexity index is 2010. The number of rotatable bonds is 10. The van der Waals surface area contributed by atoms with Crippen LogP contribution in [-0.4, -0.2) is 33.8 Å². The molecule has 0 aliphatic rings. The SMILES string of the molecule is CC(=O)Oc1c(OC(C)=O)c(-c2c[nH]c3ccc(CC=C(C)C)cc23)c(OC(C)=O)c(OC(C)=O)c1-c1c[nH]c2ccc(CC=C(C)C)cc12. The molecule has 0 radical (unpaired) electrons. The lowest BCUT2D eigenvalue weighted by Gasteiger charge is -2.23. The highest BCUT2D eigenvalue weighted by atomic mass is 16.6. The van der Waals surface area contributed by atoms with Crippen LogP contribution in [0.15, 0.2) is 72.1 Å². The van der Waals surface area contributed by atoms with Gasteiger partial charge >= 0.3 is 23.9 Å². The lowest BCUT2D eigenvalue weighted by Crippen LogP contribution is -2.14. The number of allylic oxidation sites excluding steroid dienone is 4. The van der Waals surface area contributed by atoms with Gasteiger partial charge in [-0.1, -0.05) is 35.4 Å². The van der Waals surface area contributed by atoms with Crippen molar-refractivity contribution in [3.8, 4) is 45.3 Å². The van der Waals surface area contributed by atoms with Gasteiger partial charge in [0.25, 0.3) is 0 Å². The van der Waals surface area contributed by atoms with Gasteiger partial charge in [0.1, 0.15) is 0 Å². The summed E-state index contributed by atoms with van der Waals surface area (Å²) in [6, 6.07) is 11.7. The van der Waals surface area contributed by atoms with Gasteiger partial charge in [0.05, 0.1) is 11.1 Å². The molecule has 50 heavy (non-hydrogen) atoms. The van der Waals surface area contributed by atoms with Crippen LogP contribution < -0.4 is 18.9 Å². The third kappa shape index (κ3) is 7.70. The summed E-state index contributed by atoms with van der Waals surface area (Å²) in [5.41, 5.74) is 6.79. The number of ether oxygens (including phenoxy) is 4. The maximum absolute atomic E-state index is 12.8. The second-order valence-corrected chi connectivity index (χ2v) is 12.6. The molecule has 2 N–H and O–H groups in total. The van der Waals surface area contributed by atoms with Crippen LogP contribution in [0.4, 0.5) is 0 Å². The zero-order valence-corrected chi connectivity index (χ0v) is 29.5. The number of carbonyl (C=O) groups excluding carboxylic acids is 4. The van der Waals surface area contributed by atoms with Crippen LogP contribution in [0, 0.1) is 0 Å². The highest BCUT2D eigenvalue weighted by molar-refractivity contribution is 6.08. The van der Waals surface area contributed by atoms with Crippen LogP contribution in [0.5, 0.6) is 23.0 Å². The number of benzene rings is 3. The zero-order valence-electron chi connectivity index (χ0n) is 29.5. The molecule has 0 bridgehead atoms. The number of nitrogens with one attached hydrogen (secondary N) is 2. The average molecular weight is 677 g/mol. The van der Waals surface area contributed by atoms with Gasteiger partial charge in [-0.2, -0.15) is 0 Å². The van der Waals surface area contributed by atoms with Crippen LogP contribution >= 0.6 is 0 Å². The molecule has 10 nitrogen and oxygen atoms in total. The van der Waals surface area contributed by atoms with Gasteiger partial charge in [0.2, 0.25) is 0 Å². The third-order valence-electron chi connectivity index (χ3n) is 7.83. The number of hydrogen-bond acceptors (Lipinski definition) is 8. The molecule has 5 rings (SSSR count). The van der Waals surface area contributed by atoms with E-state index in [1.54, 1.807) is 12.4 Å². The molecular formula is C40H40N2O8. The van der Waals surface area contributed by atoms with Gasteiger partial charge in [-0.3, -0.25) is 19.2 Å². The largest absolute Gasteiger partial charge is 0.422 e. The minimum absolute atomic E-state index is 0.0707. The number of aromatic nitrogens is 2. The Labute approximate surface area is 290 Å². The van der Waals surface area contributed by atoms with Crippen molar-refractivity contribution in [3.05, 3.63) is 83.2 Å². The molecule has 0 saturated carbocycles. The summed E-state index contributed by atoms with van der Waals surface area (Å²) >= 11 is 0. The molecule has 0 spiro atoms. The number of hydrogen-bond donors (Lipinski definition) is 2. The maximum Gasteiger partial charge on any atom is 0.308 e. The first kappa shape index (κ1) is 35.4. The molecule has 0 atom stereocenters. The fourth-order valence-electron chi connectivity index (χ4n) is 5.76. The van der Waals surface area contributed by atoms with Gasteiger partial charge in [0, 0.05) is 73.0 Å². The molecule has 5 aromatic rings. The second kappa shape index (κ2) is 14.7. The van der Waals surface area contributed by atoms with Crippen LogP contribution in [-0.2, 0) is 32.0 Å². The molecule has 0 aliphatic heterocycles. The van der Waals surface area contributed by atoms with Crippen molar-refractivity contribution >= 4 is 45.7 Å². The topological polar surface area (TPSA) is 137 Å². The Balaban J connectivity index is 1.97. The smallest absolute Gasteiger partial charge is 0.308 e. The monoisotopic (exact) mass is 676 g/mol. The van der Waals surface area contributed by atoms with Crippen LogP contribution in [0.2, 0.25) is 0 Å². The quantitative estimate of drug-likeness (QED) is 0.0852. The van der Waals surface area contributed by atoms with E-state index in [1.165, 1.54) is 27.7 Å². The molecule has 0 unspecified atom stereocenters. The number of esters is 4. The van der Waals surface area contributed by atoms with Gasteiger partial charge in [0.15, 0.2) is 23.0 Å². The Morgan fingerprint density at radius 2 is 0.840 bits per heavy atom. The summed E-state index contributed by atoms with van der Waals surface area (Å²) in [6.07, 6.45) is 8.84. The van der Waals surface area contributed by atoms with E-state index < -0.39 is 23.9 Å². The molecular weight excluding hydrogens is 636 g/mol. The molecule has 2 heterocycles. The van der Waals surface area contributed by atoms with Gasteiger partial charge in [-0.25, -0.2) is 0 Å². The maximum atomic E-state index is 12.8. The van der Waals surface area contributed by atoms with E-state index in [-0.39, 0.29) is 34.1 Å². The molecule has 0 amide bonds. The molecule has 258 valence electrons. The van der Waals surface area contributed by atoms with Crippen molar-refractivity contribution in [2.45, 2.75) is 68.2 Å². The van der Waals surface area contributed by atoms with Crippen molar-refractivity contribution in [1.29, 1.82) is 0 Å². The van der Waals surface area contributed by atoms with Crippen molar-refractivity contribution in [1.82, 2.24) is 9.97 Å². The Kier molecular flexibility index (Phi) is 10.4. The zero-order chi connectivity index (χ0) is 36.3. The summed E-state index contributed by atoms with van der Waals surface area (Å²) in [5, 5.41) is 1.38.